The summed E-state index contributed by atoms with van der Waals surface area (Å²) in [6.07, 6.45) is 3.49. The number of carboxylic acids is 1. The van der Waals surface area contributed by atoms with E-state index in [0.29, 0.717) is 25.8 Å². The van der Waals surface area contributed by atoms with Crippen LogP contribution >= 0.6 is 0 Å². The normalized spacial score (nSPS) is 22.9. The first-order chi connectivity index (χ1) is 25.1. The van der Waals surface area contributed by atoms with Crippen molar-refractivity contribution in [3.8, 4) is 0 Å². The van der Waals surface area contributed by atoms with Crippen molar-refractivity contribution < 1.29 is 38.6 Å². The van der Waals surface area contributed by atoms with Crippen LogP contribution in [-0.4, -0.2) is 121 Å². The van der Waals surface area contributed by atoms with Gasteiger partial charge in [-0.05, 0) is 63.0 Å². The van der Waals surface area contributed by atoms with Crippen LogP contribution in [0.3, 0.4) is 0 Å². The number of likely N-dealkylation sites (N-methyl/N-ethyl adjacent to an activating group) is 1. The highest BCUT2D eigenvalue weighted by Crippen LogP contribution is 2.30. The number of piperidine rings is 1. The van der Waals surface area contributed by atoms with Gasteiger partial charge in [-0.25, -0.2) is 4.79 Å². The summed E-state index contributed by atoms with van der Waals surface area (Å²) in [6.45, 7) is 12.7. The van der Waals surface area contributed by atoms with Crippen molar-refractivity contribution in [2.45, 2.75) is 135 Å². The Kier molecular flexibility index (Phi) is 16.7. The van der Waals surface area contributed by atoms with Gasteiger partial charge in [0.15, 0.2) is 0 Å². The van der Waals surface area contributed by atoms with E-state index >= 15 is 0 Å². The molecule has 0 saturated carbocycles. The second-order valence-electron chi connectivity index (χ2n) is 15.6. The molecule has 2 saturated heterocycles. The van der Waals surface area contributed by atoms with Gasteiger partial charge in [0.2, 0.25) is 23.6 Å². The second-order valence-corrected chi connectivity index (χ2v) is 15.6. The Labute approximate surface area is 316 Å². The standard InChI is InChI=1S/C40H65N5O8/c1-10-26(4)34(44(7)37(48)33(25(2)3)43-39(51)40(6)20-14-15-21-41-40)31(52-8)24-32(46)45-22-16-19-30(45)35(53-9)27(5)36(47)42-29(38(49)50)23-28-17-12-11-13-18-28/h11-13,17-18,25-27,29-31,33-35,41H,10,14-16,19-24H2,1-9H3,(H,42,47)(H,43,51)(H,49,50)/t26-,27+,29-,30-,31+,33?,34-,35+,40-/m0/s1. The van der Waals surface area contributed by atoms with E-state index in [4.69, 9.17) is 9.47 Å². The lowest BCUT2D eigenvalue weighted by molar-refractivity contribution is -0.148. The SMILES string of the molecule is CC[C@H](C)[C@@H]([C@@H](CC(=O)N1CCC[C@H]1[C@H](OC)[C@@H](C)C(=O)N[C@@H](Cc1ccccc1)C(=O)O)OC)N(C)C(=O)C(NC(=O)[C@]1(C)CCCCN1)C(C)C. The number of hydrogen-bond acceptors (Lipinski definition) is 8. The fourth-order valence-corrected chi connectivity index (χ4v) is 7.94. The molecule has 1 unspecified atom stereocenters. The Morgan fingerprint density at radius 1 is 1.02 bits per heavy atom. The predicted octanol–water partition coefficient (Wildman–Crippen LogP) is 3.39. The molecule has 0 spiro atoms. The van der Waals surface area contributed by atoms with Crippen LogP contribution in [0.4, 0.5) is 0 Å². The molecule has 2 aliphatic rings. The number of nitrogens with zero attached hydrogens (tertiary/aromatic N) is 2. The molecule has 298 valence electrons. The number of rotatable bonds is 19. The third-order valence-corrected chi connectivity index (χ3v) is 11.5. The average Bonchev–Trinajstić information content (AvgIpc) is 3.63. The van der Waals surface area contributed by atoms with Gasteiger partial charge < -0.3 is 40.3 Å². The monoisotopic (exact) mass is 743 g/mol. The van der Waals surface area contributed by atoms with Crippen LogP contribution in [0.5, 0.6) is 0 Å². The summed E-state index contributed by atoms with van der Waals surface area (Å²) in [5.41, 5.74) is 0.0435. The van der Waals surface area contributed by atoms with Crippen LogP contribution in [0.15, 0.2) is 30.3 Å². The first-order valence-electron chi connectivity index (χ1n) is 19.3. The largest absolute Gasteiger partial charge is 0.480 e. The van der Waals surface area contributed by atoms with Crippen molar-refractivity contribution >= 4 is 29.6 Å². The lowest BCUT2D eigenvalue weighted by atomic mass is 9.88. The Bertz CT molecular complexity index is 1370. The number of carboxylic acid groups (broad SMARTS) is 1. The van der Waals surface area contributed by atoms with Crippen molar-refractivity contribution in [1.82, 2.24) is 25.8 Å². The molecule has 0 aromatic heterocycles. The summed E-state index contributed by atoms with van der Waals surface area (Å²) in [4.78, 5) is 70.8. The Morgan fingerprint density at radius 2 is 1.70 bits per heavy atom. The summed E-state index contributed by atoms with van der Waals surface area (Å²) >= 11 is 0. The highest BCUT2D eigenvalue weighted by atomic mass is 16.5. The molecule has 2 aliphatic heterocycles. The molecule has 13 heteroatoms. The van der Waals surface area contributed by atoms with Crippen LogP contribution < -0.4 is 16.0 Å². The molecule has 0 aliphatic carbocycles. The zero-order valence-corrected chi connectivity index (χ0v) is 33.4. The van der Waals surface area contributed by atoms with E-state index in [1.807, 2.05) is 65.0 Å². The van der Waals surface area contributed by atoms with Gasteiger partial charge in [-0.2, -0.15) is 0 Å². The van der Waals surface area contributed by atoms with Gasteiger partial charge in [0, 0.05) is 34.2 Å². The summed E-state index contributed by atoms with van der Waals surface area (Å²) < 4.78 is 11.9. The highest BCUT2D eigenvalue weighted by Gasteiger charge is 2.44. The van der Waals surface area contributed by atoms with Gasteiger partial charge in [-0.1, -0.05) is 71.4 Å². The third kappa shape index (κ3) is 11.2. The topological polar surface area (TPSA) is 167 Å². The average molecular weight is 744 g/mol. The quantitative estimate of drug-likeness (QED) is 0.166. The van der Waals surface area contributed by atoms with E-state index in [2.05, 4.69) is 16.0 Å². The van der Waals surface area contributed by atoms with Gasteiger partial charge in [0.25, 0.3) is 0 Å². The fraction of sp³-hybridized carbons (Fsp3) is 0.725. The van der Waals surface area contributed by atoms with E-state index < -0.39 is 59.7 Å². The molecule has 1 aromatic carbocycles. The van der Waals surface area contributed by atoms with Crippen LogP contribution in [0.25, 0.3) is 0 Å². The lowest BCUT2D eigenvalue weighted by Crippen LogP contribution is -2.63. The van der Waals surface area contributed by atoms with E-state index in [0.717, 1.165) is 31.4 Å². The number of nitrogens with one attached hydrogen (secondary N) is 3. The Hall–Kier alpha value is -3.55. The van der Waals surface area contributed by atoms with E-state index in [1.54, 1.807) is 30.9 Å². The molecule has 1 aromatic rings. The Morgan fingerprint density at radius 3 is 2.25 bits per heavy atom. The molecular formula is C40H65N5O8. The van der Waals surface area contributed by atoms with Gasteiger partial charge in [-0.3, -0.25) is 19.2 Å². The lowest BCUT2D eigenvalue weighted by Gasteiger charge is -2.41. The summed E-state index contributed by atoms with van der Waals surface area (Å²) in [6, 6.07) is 6.34. The molecule has 2 fully saturated rings. The van der Waals surface area contributed by atoms with Crippen molar-refractivity contribution in [2.24, 2.45) is 17.8 Å². The van der Waals surface area contributed by atoms with Crippen LogP contribution in [0.2, 0.25) is 0 Å². The van der Waals surface area contributed by atoms with Crippen LogP contribution in [-0.2, 0) is 39.9 Å². The summed E-state index contributed by atoms with van der Waals surface area (Å²) in [5.74, 6) is -3.18. The number of hydrogen-bond donors (Lipinski definition) is 4. The second kappa shape index (κ2) is 20.2. The van der Waals surface area contributed by atoms with Gasteiger partial charge in [0.1, 0.15) is 12.1 Å². The maximum Gasteiger partial charge on any atom is 0.326 e. The van der Waals surface area contributed by atoms with Crippen molar-refractivity contribution in [1.29, 1.82) is 0 Å². The number of carbonyl (C=O) groups is 5. The minimum atomic E-state index is -1.14. The fourth-order valence-electron chi connectivity index (χ4n) is 7.94. The molecule has 4 N–H and O–H groups in total. The summed E-state index contributed by atoms with van der Waals surface area (Å²) in [7, 11) is 4.77. The first-order valence-corrected chi connectivity index (χ1v) is 19.3. The number of aliphatic carboxylic acids is 1. The molecular weight excluding hydrogens is 678 g/mol. The molecule has 9 atom stereocenters. The molecule has 3 rings (SSSR count). The van der Waals surface area contributed by atoms with Gasteiger partial charge in [-0.15, -0.1) is 0 Å². The minimum Gasteiger partial charge on any atom is -0.480 e. The van der Waals surface area contributed by atoms with Crippen LogP contribution in [0.1, 0.15) is 92.1 Å². The first kappa shape index (κ1) is 43.9. The molecule has 2 heterocycles. The smallest absolute Gasteiger partial charge is 0.326 e. The maximum atomic E-state index is 14.2. The minimum absolute atomic E-state index is 0.00447. The molecule has 13 nitrogen and oxygen atoms in total. The van der Waals surface area contributed by atoms with Crippen LogP contribution in [0, 0.1) is 17.8 Å². The zero-order valence-electron chi connectivity index (χ0n) is 33.4. The number of carbonyl (C=O) groups excluding carboxylic acids is 4. The number of methoxy groups -OCH3 is 2. The van der Waals surface area contributed by atoms with Gasteiger partial charge >= 0.3 is 5.97 Å². The molecule has 53 heavy (non-hydrogen) atoms. The highest BCUT2D eigenvalue weighted by molar-refractivity contribution is 5.92. The van der Waals surface area contributed by atoms with Crippen molar-refractivity contribution in [2.75, 3.05) is 34.4 Å². The molecule has 0 radical (unpaired) electrons. The van der Waals surface area contributed by atoms with E-state index in [9.17, 15) is 29.1 Å². The number of ether oxygens (including phenoxy) is 2. The number of likely N-dealkylation sites (tertiary alicyclic amines) is 1. The number of amides is 4. The zero-order chi connectivity index (χ0) is 39.5. The van der Waals surface area contributed by atoms with E-state index in [1.165, 1.54) is 7.11 Å². The Balaban J connectivity index is 1.76. The third-order valence-electron chi connectivity index (χ3n) is 11.5. The molecule has 0 bridgehead atoms. The van der Waals surface area contributed by atoms with Gasteiger partial charge in [0.05, 0.1) is 42.2 Å². The van der Waals surface area contributed by atoms with Crippen molar-refractivity contribution in [3.63, 3.8) is 0 Å². The number of benzene rings is 1. The van der Waals surface area contributed by atoms with E-state index in [-0.39, 0.29) is 42.4 Å². The molecule has 4 amide bonds. The predicted molar refractivity (Wildman–Crippen MR) is 203 cm³/mol. The summed E-state index contributed by atoms with van der Waals surface area (Å²) in [5, 5.41) is 18.9. The maximum absolute atomic E-state index is 14.2. The van der Waals surface area contributed by atoms with Crippen molar-refractivity contribution in [3.05, 3.63) is 35.9 Å².